The molecule has 0 aromatic heterocycles. The van der Waals surface area contributed by atoms with Gasteiger partial charge in [-0.3, -0.25) is 0 Å². The quantitative estimate of drug-likeness (QED) is 0.924. The van der Waals surface area contributed by atoms with Gasteiger partial charge in [-0.15, -0.1) is 0 Å². The van der Waals surface area contributed by atoms with Crippen LogP contribution in [0.1, 0.15) is 19.8 Å². The largest absolute Gasteiger partial charge is 0.491 e. The Bertz CT molecular complexity index is 615. The highest BCUT2D eigenvalue weighted by molar-refractivity contribution is 7.91. The van der Waals surface area contributed by atoms with E-state index in [0.717, 1.165) is 36.5 Å². The van der Waals surface area contributed by atoms with Crippen LogP contribution >= 0.6 is 0 Å². The molecule has 2 aliphatic heterocycles. The van der Waals surface area contributed by atoms with E-state index < -0.39 is 9.84 Å². The first-order valence-electron chi connectivity index (χ1n) is 7.57. The highest BCUT2D eigenvalue weighted by Gasteiger charge is 2.34. The molecule has 0 aliphatic carbocycles. The van der Waals surface area contributed by atoms with Crippen molar-refractivity contribution in [3.8, 4) is 5.75 Å². The summed E-state index contributed by atoms with van der Waals surface area (Å²) in [5.41, 5.74) is 2.08. The van der Waals surface area contributed by atoms with Gasteiger partial charge in [0.25, 0.3) is 0 Å². The molecule has 2 aliphatic rings. The maximum Gasteiger partial charge on any atom is 0.154 e. The van der Waals surface area contributed by atoms with E-state index in [9.17, 15) is 8.42 Å². The van der Waals surface area contributed by atoms with E-state index in [0.29, 0.717) is 13.2 Å². The fourth-order valence-corrected chi connectivity index (χ4v) is 4.65. The van der Waals surface area contributed by atoms with Crippen molar-refractivity contribution < 1.29 is 13.2 Å². The molecular weight excluding hydrogens is 288 g/mol. The molecule has 3 rings (SSSR count). The van der Waals surface area contributed by atoms with Gasteiger partial charge in [-0.2, -0.15) is 0 Å². The van der Waals surface area contributed by atoms with Gasteiger partial charge in [0.2, 0.25) is 0 Å². The van der Waals surface area contributed by atoms with Crippen molar-refractivity contribution in [2.75, 3.05) is 41.4 Å². The number of hydrogen-bond acceptors (Lipinski definition) is 5. The number of nitrogens with zero attached hydrogens (tertiary/aromatic N) is 1. The van der Waals surface area contributed by atoms with Gasteiger partial charge in [-0.1, -0.05) is 13.0 Å². The standard InChI is InChI=1S/C15H22N2O3S/c1-2-9-20-14-5-3-4-13-15(14)16-7-6-12-11-21(18,19)10-8-17(12)13/h3-5,12,16H,2,6-11H2,1H3. The van der Waals surface area contributed by atoms with Crippen LogP contribution in [0.2, 0.25) is 0 Å². The number of ether oxygens (including phenoxy) is 1. The van der Waals surface area contributed by atoms with E-state index in [1.54, 1.807) is 0 Å². The number of fused-ring (bicyclic) bond motifs is 3. The van der Waals surface area contributed by atoms with Gasteiger partial charge in [0.05, 0.1) is 23.8 Å². The molecule has 0 amide bonds. The predicted octanol–water partition coefficient (Wildman–Crippen LogP) is 1.89. The first-order valence-corrected chi connectivity index (χ1v) is 9.39. The van der Waals surface area contributed by atoms with Crippen LogP contribution in [-0.2, 0) is 9.84 Å². The Morgan fingerprint density at radius 3 is 3.10 bits per heavy atom. The average molecular weight is 310 g/mol. The van der Waals surface area contributed by atoms with E-state index >= 15 is 0 Å². The van der Waals surface area contributed by atoms with Crippen molar-refractivity contribution in [1.82, 2.24) is 0 Å². The summed E-state index contributed by atoms with van der Waals surface area (Å²) in [4.78, 5) is 2.23. The molecule has 5 nitrogen and oxygen atoms in total. The summed E-state index contributed by atoms with van der Waals surface area (Å²) in [7, 11) is -2.90. The summed E-state index contributed by atoms with van der Waals surface area (Å²) < 4.78 is 29.6. The Labute approximate surface area is 126 Å². The first kappa shape index (κ1) is 14.5. The third-order valence-corrected chi connectivity index (χ3v) is 5.78. The highest BCUT2D eigenvalue weighted by atomic mass is 32.2. The van der Waals surface area contributed by atoms with Gasteiger partial charge in [0.1, 0.15) is 11.4 Å². The maximum atomic E-state index is 11.9. The minimum absolute atomic E-state index is 0.0684. The van der Waals surface area contributed by atoms with Crippen LogP contribution in [0.25, 0.3) is 0 Å². The SMILES string of the molecule is CCCOc1cccc2c1NCCC1CS(=O)(=O)CCN21. The van der Waals surface area contributed by atoms with E-state index in [2.05, 4.69) is 23.2 Å². The molecule has 1 unspecified atom stereocenters. The van der Waals surface area contributed by atoms with Gasteiger partial charge >= 0.3 is 0 Å². The molecule has 0 bridgehead atoms. The van der Waals surface area contributed by atoms with Crippen molar-refractivity contribution in [3.63, 3.8) is 0 Å². The predicted molar refractivity (Wildman–Crippen MR) is 85.1 cm³/mol. The second-order valence-electron chi connectivity index (χ2n) is 5.68. The van der Waals surface area contributed by atoms with E-state index in [-0.39, 0.29) is 17.5 Å². The number of rotatable bonds is 3. The highest BCUT2D eigenvalue weighted by Crippen LogP contribution is 2.39. The Kier molecular flexibility index (Phi) is 3.97. The number of anilines is 2. The number of para-hydroxylation sites is 1. The third-order valence-electron chi connectivity index (χ3n) is 4.08. The normalized spacial score (nSPS) is 23.5. The summed E-state index contributed by atoms with van der Waals surface area (Å²) in [6.07, 6.45) is 1.80. The lowest BCUT2D eigenvalue weighted by molar-refractivity contribution is 0.319. The van der Waals surface area contributed by atoms with E-state index in [4.69, 9.17) is 4.74 Å². The number of nitrogens with one attached hydrogen (secondary N) is 1. The Morgan fingerprint density at radius 1 is 1.43 bits per heavy atom. The molecule has 0 spiro atoms. The summed E-state index contributed by atoms with van der Waals surface area (Å²) >= 11 is 0. The van der Waals surface area contributed by atoms with Crippen LogP contribution in [0, 0.1) is 0 Å². The van der Waals surface area contributed by atoms with Gasteiger partial charge in [0.15, 0.2) is 9.84 Å². The molecule has 1 saturated heterocycles. The molecule has 21 heavy (non-hydrogen) atoms. The van der Waals surface area contributed by atoms with Crippen LogP contribution in [0.15, 0.2) is 18.2 Å². The van der Waals surface area contributed by atoms with Crippen LogP contribution < -0.4 is 15.0 Å². The zero-order valence-electron chi connectivity index (χ0n) is 12.3. The lowest BCUT2D eigenvalue weighted by atomic mass is 10.1. The topological polar surface area (TPSA) is 58.6 Å². The smallest absolute Gasteiger partial charge is 0.154 e. The lowest BCUT2D eigenvalue weighted by Crippen LogP contribution is -2.48. The molecule has 1 fully saturated rings. The van der Waals surface area contributed by atoms with Crippen LogP contribution in [-0.4, -0.2) is 45.7 Å². The second-order valence-corrected chi connectivity index (χ2v) is 7.90. The minimum atomic E-state index is -2.90. The van der Waals surface area contributed by atoms with Gasteiger partial charge in [0, 0.05) is 19.1 Å². The van der Waals surface area contributed by atoms with Crippen LogP contribution in [0.5, 0.6) is 5.75 Å². The number of hydrogen-bond donors (Lipinski definition) is 1. The average Bonchev–Trinajstić information content (AvgIpc) is 2.63. The maximum absolute atomic E-state index is 11.9. The van der Waals surface area contributed by atoms with E-state index in [1.165, 1.54) is 0 Å². The zero-order chi connectivity index (χ0) is 14.9. The summed E-state index contributed by atoms with van der Waals surface area (Å²) in [5, 5.41) is 3.42. The molecule has 1 aromatic rings. The summed E-state index contributed by atoms with van der Waals surface area (Å²) in [5.74, 6) is 1.36. The monoisotopic (exact) mass is 310 g/mol. The van der Waals surface area contributed by atoms with E-state index in [1.807, 2.05) is 12.1 Å². The molecule has 1 aromatic carbocycles. The second kappa shape index (κ2) is 5.75. The number of sulfone groups is 1. The molecule has 116 valence electrons. The van der Waals surface area contributed by atoms with Gasteiger partial charge < -0.3 is 15.0 Å². The number of benzene rings is 1. The Hall–Kier alpha value is -1.43. The van der Waals surface area contributed by atoms with Crippen molar-refractivity contribution in [2.24, 2.45) is 0 Å². The van der Waals surface area contributed by atoms with Crippen molar-refractivity contribution in [3.05, 3.63) is 18.2 Å². The molecule has 6 heteroatoms. The lowest BCUT2D eigenvalue weighted by Gasteiger charge is -2.36. The fourth-order valence-electron chi connectivity index (χ4n) is 3.08. The van der Waals surface area contributed by atoms with Gasteiger partial charge in [-0.25, -0.2) is 8.42 Å². The zero-order valence-corrected chi connectivity index (χ0v) is 13.2. The Balaban J connectivity index is 1.94. The minimum Gasteiger partial charge on any atom is -0.491 e. The fraction of sp³-hybridized carbons (Fsp3) is 0.600. The molecular formula is C15H22N2O3S. The molecule has 2 heterocycles. The Morgan fingerprint density at radius 2 is 2.29 bits per heavy atom. The van der Waals surface area contributed by atoms with Crippen molar-refractivity contribution >= 4 is 21.2 Å². The van der Waals surface area contributed by atoms with Crippen molar-refractivity contribution in [2.45, 2.75) is 25.8 Å². The van der Waals surface area contributed by atoms with Gasteiger partial charge in [-0.05, 0) is 25.0 Å². The van der Waals surface area contributed by atoms with Crippen molar-refractivity contribution in [1.29, 1.82) is 0 Å². The van der Waals surface area contributed by atoms with Crippen LogP contribution in [0.4, 0.5) is 11.4 Å². The summed E-state index contributed by atoms with van der Waals surface area (Å²) in [6.45, 7) is 4.12. The molecule has 1 atom stereocenters. The molecule has 0 saturated carbocycles. The van der Waals surface area contributed by atoms with Crippen LogP contribution in [0.3, 0.4) is 0 Å². The molecule has 1 N–H and O–H groups in total. The third kappa shape index (κ3) is 2.95. The first-order chi connectivity index (χ1) is 10.1. The molecule has 0 radical (unpaired) electrons. The summed E-state index contributed by atoms with van der Waals surface area (Å²) in [6, 6.07) is 6.08.